The molecule has 0 aliphatic carbocycles. The molecule has 3 aromatic rings. The Labute approximate surface area is 164 Å². The summed E-state index contributed by atoms with van der Waals surface area (Å²) in [6.07, 6.45) is 1.72. The number of nitrogens with one attached hydrogen (secondary N) is 1. The smallest absolute Gasteiger partial charge is 0.239 e. The summed E-state index contributed by atoms with van der Waals surface area (Å²) in [5.74, 6) is 0.414. The predicted octanol–water partition coefficient (Wildman–Crippen LogP) is 4.37. The van der Waals surface area contributed by atoms with Crippen molar-refractivity contribution < 1.29 is 13.9 Å². The molecule has 0 aliphatic heterocycles. The number of hydrogen-bond acceptors (Lipinski definition) is 3. The Hall–Kier alpha value is -3.18. The summed E-state index contributed by atoms with van der Waals surface area (Å²) in [6.45, 7) is 0.671. The standard InChI is InChI=1S/C23H23FN2O2/c24-19-9-4-10-21(16-19)28-20-13-11-17(12-14-20)6-5-15-26-22(23(25)27)18-7-2-1-3-8-18/h1-4,7-14,16,22,26H,5-6,15H2,(H2,25,27). The summed E-state index contributed by atoms with van der Waals surface area (Å²) < 4.78 is 18.9. The molecule has 5 heteroatoms. The van der Waals surface area contributed by atoms with Gasteiger partial charge in [-0.1, -0.05) is 48.5 Å². The first-order valence-electron chi connectivity index (χ1n) is 9.22. The third-order valence-electron chi connectivity index (χ3n) is 4.36. The average Bonchev–Trinajstić information content (AvgIpc) is 2.69. The van der Waals surface area contributed by atoms with Crippen molar-refractivity contribution in [2.75, 3.05) is 6.54 Å². The van der Waals surface area contributed by atoms with Crippen molar-refractivity contribution in [3.8, 4) is 11.5 Å². The van der Waals surface area contributed by atoms with Gasteiger partial charge in [0.15, 0.2) is 0 Å². The van der Waals surface area contributed by atoms with Crippen LogP contribution in [-0.4, -0.2) is 12.5 Å². The number of aryl methyl sites for hydroxylation is 1. The molecule has 0 heterocycles. The van der Waals surface area contributed by atoms with Crippen molar-refractivity contribution in [2.24, 2.45) is 5.73 Å². The number of primary amides is 1. The van der Waals surface area contributed by atoms with Gasteiger partial charge in [0, 0.05) is 6.07 Å². The molecule has 0 radical (unpaired) electrons. The second-order valence-electron chi connectivity index (χ2n) is 6.51. The molecule has 0 saturated carbocycles. The average molecular weight is 378 g/mol. The Morgan fingerprint density at radius 1 is 0.964 bits per heavy atom. The van der Waals surface area contributed by atoms with Gasteiger partial charge in [-0.2, -0.15) is 0 Å². The molecule has 0 saturated heterocycles. The number of ether oxygens (including phenoxy) is 1. The lowest BCUT2D eigenvalue weighted by Crippen LogP contribution is -2.34. The Balaban J connectivity index is 1.47. The van der Waals surface area contributed by atoms with E-state index in [2.05, 4.69) is 5.32 Å². The zero-order chi connectivity index (χ0) is 19.8. The minimum atomic E-state index is -0.483. The van der Waals surface area contributed by atoms with Gasteiger partial charge in [0.05, 0.1) is 0 Å². The van der Waals surface area contributed by atoms with E-state index in [9.17, 15) is 9.18 Å². The molecule has 0 fully saturated rings. The minimum absolute atomic E-state index is 0.327. The molecule has 0 aromatic heterocycles. The van der Waals surface area contributed by atoms with Gasteiger partial charge in [-0.15, -0.1) is 0 Å². The molecular weight excluding hydrogens is 355 g/mol. The first-order valence-corrected chi connectivity index (χ1v) is 9.22. The van der Waals surface area contributed by atoms with E-state index in [1.54, 1.807) is 12.1 Å². The van der Waals surface area contributed by atoms with E-state index in [0.717, 1.165) is 24.0 Å². The molecule has 4 nitrogen and oxygen atoms in total. The van der Waals surface area contributed by atoms with Crippen LogP contribution in [0.3, 0.4) is 0 Å². The molecular formula is C23H23FN2O2. The molecule has 3 rings (SSSR count). The fraction of sp³-hybridized carbons (Fsp3) is 0.174. The van der Waals surface area contributed by atoms with E-state index < -0.39 is 6.04 Å². The van der Waals surface area contributed by atoms with E-state index in [-0.39, 0.29) is 11.7 Å². The predicted molar refractivity (Wildman–Crippen MR) is 108 cm³/mol. The van der Waals surface area contributed by atoms with Crippen LogP contribution in [0.5, 0.6) is 11.5 Å². The number of amides is 1. The number of rotatable bonds is 9. The first kappa shape index (κ1) is 19.6. The summed E-state index contributed by atoms with van der Waals surface area (Å²) >= 11 is 0. The highest BCUT2D eigenvalue weighted by Crippen LogP contribution is 2.22. The van der Waals surface area contributed by atoms with Crippen molar-refractivity contribution in [1.82, 2.24) is 5.32 Å². The maximum atomic E-state index is 13.2. The summed E-state index contributed by atoms with van der Waals surface area (Å²) in [5.41, 5.74) is 7.54. The molecule has 0 bridgehead atoms. The normalized spacial score (nSPS) is 11.8. The molecule has 0 spiro atoms. The quantitative estimate of drug-likeness (QED) is 0.544. The third kappa shape index (κ3) is 5.66. The van der Waals surface area contributed by atoms with E-state index in [4.69, 9.17) is 10.5 Å². The van der Waals surface area contributed by atoms with Crippen molar-refractivity contribution in [2.45, 2.75) is 18.9 Å². The monoisotopic (exact) mass is 378 g/mol. The van der Waals surface area contributed by atoms with Gasteiger partial charge in [-0.3, -0.25) is 4.79 Å². The van der Waals surface area contributed by atoms with Crippen LogP contribution >= 0.6 is 0 Å². The van der Waals surface area contributed by atoms with Crippen molar-refractivity contribution in [1.29, 1.82) is 0 Å². The molecule has 144 valence electrons. The first-order chi connectivity index (χ1) is 13.6. The molecule has 3 N–H and O–H groups in total. The van der Waals surface area contributed by atoms with E-state index in [1.807, 2.05) is 54.6 Å². The highest BCUT2D eigenvalue weighted by molar-refractivity contribution is 5.81. The molecule has 28 heavy (non-hydrogen) atoms. The van der Waals surface area contributed by atoms with Gasteiger partial charge < -0.3 is 15.8 Å². The topological polar surface area (TPSA) is 64.4 Å². The highest BCUT2D eigenvalue weighted by atomic mass is 19.1. The number of benzene rings is 3. The van der Waals surface area contributed by atoms with Crippen LogP contribution in [0.25, 0.3) is 0 Å². The van der Waals surface area contributed by atoms with Crippen LogP contribution in [0, 0.1) is 5.82 Å². The molecule has 3 aromatic carbocycles. The lowest BCUT2D eigenvalue weighted by molar-refractivity contribution is -0.120. The summed E-state index contributed by atoms with van der Waals surface area (Å²) in [7, 11) is 0. The van der Waals surface area contributed by atoms with Crippen molar-refractivity contribution >= 4 is 5.91 Å². The number of carbonyl (C=O) groups is 1. The van der Waals surface area contributed by atoms with Gasteiger partial charge in [0.1, 0.15) is 23.4 Å². The van der Waals surface area contributed by atoms with Crippen molar-refractivity contribution in [3.63, 3.8) is 0 Å². The summed E-state index contributed by atoms with van der Waals surface area (Å²) in [5, 5.41) is 3.22. The maximum absolute atomic E-state index is 13.2. The number of halogens is 1. The summed E-state index contributed by atoms with van der Waals surface area (Å²) in [4.78, 5) is 11.7. The molecule has 0 aliphatic rings. The van der Waals surface area contributed by atoms with Gasteiger partial charge in [-0.25, -0.2) is 4.39 Å². The highest BCUT2D eigenvalue weighted by Gasteiger charge is 2.16. The fourth-order valence-electron chi connectivity index (χ4n) is 2.96. The van der Waals surface area contributed by atoms with Crippen LogP contribution < -0.4 is 15.8 Å². The Kier molecular flexibility index (Phi) is 6.76. The second-order valence-corrected chi connectivity index (χ2v) is 6.51. The van der Waals surface area contributed by atoms with E-state index >= 15 is 0 Å². The fourth-order valence-corrected chi connectivity index (χ4v) is 2.96. The van der Waals surface area contributed by atoms with Gasteiger partial charge in [0.25, 0.3) is 0 Å². The molecule has 1 atom stereocenters. The SMILES string of the molecule is NC(=O)C(NCCCc1ccc(Oc2cccc(F)c2)cc1)c1ccccc1. The second kappa shape index (κ2) is 9.67. The van der Waals surface area contributed by atoms with Crippen LogP contribution in [0.2, 0.25) is 0 Å². The maximum Gasteiger partial charge on any atom is 0.239 e. The van der Waals surface area contributed by atoms with Gasteiger partial charge in [0.2, 0.25) is 5.91 Å². The van der Waals surface area contributed by atoms with Crippen molar-refractivity contribution in [3.05, 3.63) is 95.8 Å². The van der Waals surface area contributed by atoms with E-state index in [1.165, 1.54) is 12.1 Å². The Morgan fingerprint density at radius 3 is 2.39 bits per heavy atom. The third-order valence-corrected chi connectivity index (χ3v) is 4.36. The Bertz CT molecular complexity index is 898. The van der Waals surface area contributed by atoms with Crippen LogP contribution in [0.1, 0.15) is 23.6 Å². The lowest BCUT2D eigenvalue weighted by atomic mass is 10.1. The van der Waals surface area contributed by atoms with Crippen LogP contribution in [0.4, 0.5) is 4.39 Å². The van der Waals surface area contributed by atoms with Crippen LogP contribution in [-0.2, 0) is 11.2 Å². The lowest BCUT2D eigenvalue weighted by Gasteiger charge is -2.15. The number of carbonyl (C=O) groups excluding carboxylic acids is 1. The largest absolute Gasteiger partial charge is 0.457 e. The van der Waals surface area contributed by atoms with Gasteiger partial charge >= 0.3 is 0 Å². The molecule has 1 unspecified atom stereocenters. The Morgan fingerprint density at radius 2 is 1.71 bits per heavy atom. The zero-order valence-corrected chi connectivity index (χ0v) is 15.5. The zero-order valence-electron chi connectivity index (χ0n) is 15.5. The summed E-state index contributed by atoms with van der Waals surface area (Å²) in [6, 6.07) is 22.7. The van der Waals surface area contributed by atoms with E-state index in [0.29, 0.717) is 18.0 Å². The number of nitrogens with two attached hydrogens (primary N) is 1. The van der Waals surface area contributed by atoms with Crippen LogP contribution in [0.15, 0.2) is 78.9 Å². The minimum Gasteiger partial charge on any atom is -0.457 e. The number of hydrogen-bond donors (Lipinski definition) is 2. The molecule has 1 amide bonds. The van der Waals surface area contributed by atoms with Gasteiger partial charge in [-0.05, 0) is 54.8 Å².